The quantitative estimate of drug-likeness (QED) is 0.811. The summed E-state index contributed by atoms with van der Waals surface area (Å²) in [5.74, 6) is -1.31. The Morgan fingerprint density at radius 2 is 1.48 bits per heavy atom. The van der Waals surface area contributed by atoms with E-state index in [0.29, 0.717) is 0 Å². The van der Waals surface area contributed by atoms with Crippen molar-refractivity contribution in [3.63, 3.8) is 0 Å². The molecule has 0 unspecified atom stereocenters. The number of rotatable bonds is 4. The minimum atomic E-state index is -1.43. The van der Waals surface area contributed by atoms with Crippen LogP contribution in [0.2, 0.25) is 0 Å². The van der Waals surface area contributed by atoms with Crippen LogP contribution in [0.15, 0.2) is 24.3 Å². The van der Waals surface area contributed by atoms with E-state index in [1.54, 1.807) is 41.5 Å². The minimum absolute atomic E-state index is 0.258. The van der Waals surface area contributed by atoms with Crippen molar-refractivity contribution in [2.45, 2.75) is 64.9 Å². The van der Waals surface area contributed by atoms with Crippen LogP contribution in [0.25, 0.3) is 0 Å². The Balaban J connectivity index is 3.03. The van der Waals surface area contributed by atoms with Gasteiger partial charge in [0.2, 0.25) is 0 Å². The topological polar surface area (TPSA) is 84.9 Å². The first-order valence-corrected chi connectivity index (χ1v) is 7.94. The number of aliphatic hydroxyl groups is 1. The molecule has 0 aliphatic carbocycles. The van der Waals surface area contributed by atoms with Crippen molar-refractivity contribution in [2.75, 3.05) is 0 Å². The molecular weight excluding hydrogens is 329 g/mol. The average molecular weight is 355 g/mol. The van der Waals surface area contributed by atoms with Gasteiger partial charge in [0.1, 0.15) is 23.1 Å². The molecule has 0 saturated carbocycles. The van der Waals surface area contributed by atoms with Gasteiger partial charge in [-0.05, 0) is 59.2 Å². The molecular formula is C18H26FNO5. The Bertz CT molecular complexity index is 601. The fraction of sp³-hybridized carbons (Fsp3) is 0.556. The number of aliphatic hydroxyl groups excluding tert-OH is 1. The highest BCUT2D eigenvalue weighted by Gasteiger charge is 2.34. The first-order valence-electron chi connectivity index (χ1n) is 7.94. The van der Waals surface area contributed by atoms with E-state index in [1.165, 1.54) is 12.1 Å². The number of benzene rings is 1. The zero-order chi connectivity index (χ0) is 19.4. The minimum Gasteiger partial charge on any atom is -0.458 e. The van der Waals surface area contributed by atoms with Crippen molar-refractivity contribution in [3.05, 3.63) is 35.6 Å². The molecule has 0 saturated heterocycles. The molecule has 6 nitrogen and oxygen atoms in total. The van der Waals surface area contributed by atoms with Crippen molar-refractivity contribution in [1.82, 2.24) is 5.32 Å². The number of amides is 1. The third kappa shape index (κ3) is 7.51. The second kappa shape index (κ2) is 7.82. The van der Waals surface area contributed by atoms with Gasteiger partial charge in [0.25, 0.3) is 0 Å². The summed E-state index contributed by atoms with van der Waals surface area (Å²) in [5.41, 5.74) is -1.33. The Morgan fingerprint density at radius 3 is 1.92 bits per heavy atom. The molecule has 1 amide bonds. The second-order valence-corrected chi connectivity index (χ2v) is 7.65. The van der Waals surface area contributed by atoms with Crippen LogP contribution in [0.1, 0.15) is 53.2 Å². The molecule has 1 aromatic rings. The fourth-order valence-corrected chi connectivity index (χ4v) is 1.92. The van der Waals surface area contributed by atoms with E-state index in [2.05, 4.69) is 5.32 Å². The van der Waals surface area contributed by atoms with E-state index in [1.807, 2.05) is 0 Å². The van der Waals surface area contributed by atoms with E-state index in [4.69, 9.17) is 9.47 Å². The van der Waals surface area contributed by atoms with Gasteiger partial charge in [-0.1, -0.05) is 12.1 Å². The number of alkyl carbamates (subject to hydrolysis) is 1. The normalized spacial score (nSPS) is 14.4. The highest BCUT2D eigenvalue weighted by atomic mass is 19.1. The summed E-state index contributed by atoms with van der Waals surface area (Å²) < 4.78 is 23.4. The lowest BCUT2D eigenvalue weighted by atomic mass is 10.0. The number of hydrogen-bond donors (Lipinski definition) is 2. The number of hydrogen-bond acceptors (Lipinski definition) is 5. The standard InChI is InChI=1S/C18H26FNO5/c1-17(2,3)24-15(22)13(20-16(23)25-18(4,5)6)14(21)11-7-9-12(19)10-8-11/h7-10,13-14,21H,1-6H3,(H,20,23)/t13-,14-/m1/s1. The molecule has 2 N–H and O–H groups in total. The summed E-state index contributed by atoms with van der Waals surface area (Å²) >= 11 is 0. The van der Waals surface area contributed by atoms with Crippen molar-refractivity contribution in [1.29, 1.82) is 0 Å². The number of ether oxygens (including phenoxy) is 2. The van der Waals surface area contributed by atoms with E-state index in [9.17, 15) is 19.1 Å². The summed E-state index contributed by atoms with van der Waals surface area (Å²) in [6.07, 6.45) is -2.30. The van der Waals surface area contributed by atoms with Crippen LogP contribution >= 0.6 is 0 Å². The summed E-state index contributed by atoms with van der Waals surface area (Å²) in [6, 6.07) is 3.55. The largest absolute Gasteiger partial charge is 0.458 e. The predicted molar refractivity (Wildman–Crippen MR) is 90.4 cm³/mol. The summed E-state index contributed by atoms with van der Waals surface area (Å²) in [5, 5.41) is 12.8. The summed E-state index contributed by atoms with van der Waals surface area (Å²) in [4.78, 5) is 24.4. The van der Waals surface area contributed by atoms with Gasteiger partial charge in [-0.3, -0.25) is 0 Å². The summed E-state index contributed by atoms with van der Waals surface area (Å²) in [7, 11) is 0. The molecule has 2 atom stereocenters. The molecule has 0 spiro atoms. The zero-order valence-corrected chi connectivity index (χ0v) is 15.4. The lowest BCUT2D eigenvalue weighted by Crippen LogP contribution is -2.49. The second-order valence-electron chi connectivity index (χ2n) is 7.65. The number of halogens is 1. The lowest BCUT2D eigenvalue weighted by molar-refractivity contribution is -0.160. The van der Waals surface area contributed by atoms with Crippen LogP contribution in [0, 0.1) is 5.82 Å². The van der Waals surface area contributed by atoms with Gasteiger partial charge in [-0.25, -0.2) is 14.0 Å². The van der Waals surface area contributed by atoms with Crippen LogP contribution in [0.5, 0.6) is 0 Å². The third-order valence-electron chi connectivity index (χ3n) is 2.86. The van der Waals surface area contributed by atoms with Crippen molar-refractivity contribution >= 4 is 12.1 Å². The average Bonchev–Trinajstić information content (AvgIpc) is 2.41. The molecule has 7 heteroatoms. The molecule has 0 aliphatic heterocycles. The predicted octanol–water partition coefficient (Wildman–Crippen LogP) is 3.09. The molecule has 25 heavy (non-hydrogen) atoms. The van der Waals surface area contributed by atoms with E-state index < -0.39 is 41.2 Å². The monoisotopic (exact) mass is 355 g/mol. The lowest BCUT2D eigenvalue weighted by Gasteiger charge is -2.28. The molecule has 0 aromatic heterocycles. The van der Waals surface area contributed by atoms with Crippen LogP contribution in [-0.2, 0) is 14.3 Å². The van der Waals surface area contributed by atoms with E-state index in [0.717, 1.165) is 12.1 Å². The highest BCUT2D eigenvalue weighted by Crippen LogP contribution is 2.21. The number of esters is 1. The maximum Gasteiger partial charge on any atom is 0.408 e. The molecule has 1 aromatic carbocycles. The van der Waals surface area contributed by atoms with Gasteiger partial charge in [0, 0.05) is 0 Å². The van der Waals surface area contributed by atoms with E-state index in [-0.39, 0.29) is 5.56 Å². The summed E-state index contributed by atoms with van der Waals surface area (Å²) in [6.45, 7) is 10.0. The Labute approximate surface area is 147 Å². The molecule has 0 aliphatic rings. The first-order chi connectivity index (χ1) is 11.3. The Kier molecular flexibility index (Phi) is 6.54. The molecule has 0 bridgehead atoms. The van der Waals surface area contributed by atoms with E-state index >= 15 is 0 Å². The van der Waals surface area contributed by atoms with Crippen LogP contribution in [-0.4, -0.2) is 34.4 Å². The number of carbonyl (C=O) groups is 2. The van der Waals surface area contributed by atoms with Gasteiger partial charge in [0.15, 0.2) is 6.04 Å². The molecule has 0 fully saturated rings. The molecule has 140 valence electrons. The molecule has 0 heterocycles. The van der Waals surface area contributed by atoms with Gasteiger partial charge in [-0.15, -0.1) is 0 Å². The van der Waals surface area contributed by atoms with Crippen molar-refractivity contribution < 1.29 is 28.6 Å². The molecule has 1 rings (SSSR count). The fourth-order valence-electron chi connectivity index (χ4n) is 1.92. The van der Waals surface area contributed by atoms with Gasteiger partial charge >= 0.3 is 12.1 Å². The molecule has 0 radical (unpaired) electrons. The van der Waals surface area contributed by atoms with Crippen LogP contribution in [0.3, 0.4) is 0 Å². The zero-order valence-electron chi connectivity index (χ0n) is 15.4. The third-order valence-corrected chi connectivity index (χ3v) is 2.86. The first kappa shape index (κ1) is 20.9. The van der Waals surface area contributed by atoms with Crippen molar-refractivity contribution in [2.24, 2.45) is 0 Å². The Hall–Kier alpha value is -2.15. The van der Waals surface area contributed by atoms with Gasteiger partial charge in [-0.2, -0.15) is 0 Å². The highest BCUT2D eigenvalue weighted by molar-refractivity contribution is 5.82. The number of carbonyl (C=O) groups excluding carboxylic acids is 2. The maximum absolute atomic E-state index is 13.1. The SMILES string of the molecule is CC(C)(C)OC(=O)N[C@@H](C(=O)OC(C)(C)C)[C@H](O)c1ccc(F)cc1. The van der Waals surface area contributed by atoms with Crippen molar-refractivity contribution in [3.8, 4) is 0 Å². The maximum atomic E-state index is 13.1. The van der Waals surface area contributed by atoms with Crippen LogP contribution in [0.4, 0.5) is 9.18 Å². The smallest absolute Gasteiger partial charge is 0.408 e. The van der Waals surface area contributed by atoms with Gasteiger partial charge in [0.05, 0.1) is 0 Å². The number of nitrogens with one attached hydrogen (secondary N) is 1. The Morgan fingerprint density at radius 1 is 1.00 bits per heavy atom. The van der Waals surface area contributed by atoms with Crippen LogP contribution < -0.4 is 5.32 Å². The van der Waals surface area contributed by atoms with Gasteiger partial charge < -0.3 is 19.9 Å².